The number of aromatic nitrogens is 1. The first kappa shape index (κ1) is 10.2. The first-order valence-electron chi connectivity index (χ1n) is 4.36. The third-order valence-electron chi connectivity index (χ3n) is 1.81. The second-order valence-corrected chi connectivity index (χ2v) is 3.99. The molecule has 1 heterocycles. The predicted molar refractivity (Wildman–Crippen MR) is 52.1 cm³/mol. The smallest absolute Gasteiger partial charge is 0.0808 e. The Labute approximate surface area is 78.6 Å². The largest absolute Gasteiger partial charge is 0.388 e. The van der Waals surface area contributed by atoms with E-state index in [0.29, 0.717) is 6.42 Å². The molecule has 0 radical (unpaired) electrons. The molecule has 3 heteroatoms. The molecule has 0 aliphatic carbocycles. The van der Waals surface area contributed by atoms with Gasteiger partial charge < -0.3 is 10.8 Å². The number of rotatable bonds is 3. The van der Waals surface area contributed by atoms with E-state index in [1.165, 1.54) is 0 Å². The third-order valence-corrected chi connectivity index (χ3v) is 1.81. The molecular weight excluding hydrogens is 164 g/mol. The Bertz CT molecular complexity index is 253. The van der Waals surface area contributed by atoms with Gasteiger partial charge in [0.15, 0.2) is 0 Å². The van der Waals surface area contributed by atoms with Crippen molar-refractivity contribution in [1.82, 2.24) is 4.98 Å². The van der Waals surface area contributed by atoms with Crippen molar-refractivity contribution in [3.8, 4) is 0 Å². The van der Waals surface area contributed by atoms with Crippen LogP contribution in [0, 0.1) is 0 Å². The van der Waals surface area contributed by atoms with Gasteiger partial charge in [0.05, 0.1) is 6.10 Å². The number of hydrogen-bond acceptors (Lipinski definition) is 3. The van der Waals surface area contributed by atoms with Gasteiger partial charge in [0.1, 0.15) is 0 Å². The zero-order chi connectivity index (χ0) is 9.90. The van der Waals surface area contributed by atoms with Gasteiger partial charge in [0.25, 0.3) is 0 Å². The first-order valence-corrected chi connectivity index (χ1v) is 4.36. The molecule has 0 spiro atoms. The first-order chi connectivity index (χ1) is 5.99. The standard InChI is InChI=1S/C10H16N2O/c1-10(2,11)7-9(13)8-3-5-12-6-4-8/h3-6,9,13H,7,11H2,1-2H3. The summed E-state index contributed by atoms with van der Waals surface area (Å²) in [4.78, 5) is 3.88. The topological polar surface area (TPSA) is 59.1 Å². The lowest BCUT2D eigenvalue weighted by Crippen LogP contribution is -2.33. The van der Waals surface area contributed by atoms with Crippen molar-refractivity contribution in [2.45, 2.75) is 31.9 Å². The molecule has 1 aromatic heterocycles. The van der Waals surface area contributed by atoms with Crippen LogP contribution in [-0.4, -0.2) is 15.6 Å². The summed E-state index contributed by atoms with van der Waals surface area (Å²) >= 11 is 0. The molecule has 0 aliphatic rings. The van der Waals surface area contributed by atoms with Gasteiger partial charge in [-0.15, -0.1) is 0 Å². The maximum Gasteiger partial charge on any atom is 0.0808 e. The summed E-state index contributed by atoms with van der Waals surface area (Å²) < 4.78 is 0. The van der Waals surface area contributed by atoms with Gasteiger partial charge in [-0.25, -0.2) is 0 Å². The highest BCUT2D eigenvalue weighted by Gasteiger charge is 2.17. The quantitative estimate of drug-likeness (QED) is 0.735. The van der Waals surface area contributed by atoms with Gasteiger partial charge >= 0.3 is 0 Å². The van der Waals surface area contributed by atoms with Crippen molar-refractivity contribution >= 4 is 0 Å². The van der Waals surface area contributed by atoms with Crippen LogP contribution in [0.3, 0.4) is 0 Å². The van der Waals surface area contributed by atoms with Crippen LogP contribution in [0.15, 0.2) is 24.5 Å². The van der Waals surface area contributed by atoms with E-state index >= 15 is 0 Å². The lowest BCUT2D eigenvalue weighted by Gasteiger charge is -2.22. The van der Waals surface area contributed by atoms with E-state index in [-0.39, 0.29) is 5.54 Å². The zero-order valence-electron chi connectivity index (χ0n) is 8.07. The molecule has 0 saturated heterocycles. The summed E-state index contributed by atoms with van der Waals surface area (Å²) in [6.45, 7) is 3.80. The maximum atomic E-state index is 9.75. The van der Waals surface area contributed by atoms with Gasteiger partial charge in [0.2, 0.25) is 0 Å². The summed E-state index contributed by atoms with van der Waals surface area (Å²) in [5, 5.41) is 9.75. The zero-order valence-corrected chi connectivity index (χ0v) is 8.07. The second-order valence-electron chi connectivity index (χ2n) is 3.99. The molecule has 1 rings (SSSR count). The van der Waals surface area contributed by atoms with Gasteiger partial charge in [-0.3, -0.25) is 4.98 Å². The molecule has 0 saturated carbocycles. The van der Waals surface area contributed by atoms with Crippen LogP contribution in [0.25, 0.3) is 0 Å². The van der Waals surface area contributed by atoms with Gasteiger partial charge in [-0.1, -0.05) is 0 Å². The van der Waals surface area contributed by atoms with E-state index in [1.54, 1.807) is 24.5 Å². The monoisotopic (exact) mass is 180 g/mol. The lowest BCUT2D eigenvalue weighted by atomic mass is 9.95. The second kappa shape index (κ2) is 3.85. The summed E-state index contributed by atoms with van der Waals surface area (Å²) in [5.41, 5.74) is 6.32. The molecule has 13 heavy (non-hydrogen) atoms. The minimum absolute atomic E-state index is 0.345. The molecule has 3 N–H and O–H groups in total. The molecule has 0 fully saturated rings. The van der Waals surface area contributed by atoms with Crippen LogP contribution in [0.1, 0.15) is 31.9 Å². The van der Waals surface area contributed by atoms with Gasteiger partial charge in [-0.05, 0) is 38.0 Å². The van der Waals surface area contributed by atoms with E-state index in [9.17, 15) is 5.11 Å². The third kappa shape index (κ3) is 3.53. The highest BCUT2D eigenvalue weighted by Crippen LogP contribution is 2.20. The number of aliphatic hydroxyl groups excluding tert-OH is 1. The summed E-state index contributed by atoms with van der Waals surface area (Å²) in [6, 6.07) is 3.60. The van der Waals surface area contributed by atoms with Crippen LogP contribution < -0.4 is 5.73 Å². The highest BCUT2D eigenvalue weighted by molar-refractivity contribution is 5.13. The molecular formula is C10H16N2O. The molecule has 0 bridgehead atoms. The van der Waals surface area contributed by atoms with E-state index in [4.69, 9.17) is 5.73 Å². The fourth-order valence-electron chi connectivity index (χ4n) is 1.20. The van der Waals surface area contributed by atoms with Crippen molar-refractivity contribution in [3.63, 3.8) is 0 Å². The van der Waals surface area contributed by atoms with E-state index < -0.39 is 6.10 Å². The summed E-state index contributed by atoms with van der Waals surface area (Å²) in [5.74, 6) is 0. The van der Waals surface area contributed by atoms with Crippen molar-refractivity contribution in [2.75, 3.05) is 0 Å². The van der Waals surface area contributed by atoms with Crippen molar-refractivity contribution < 1.29 is 5.11 Å². The SMILES string of the molecule is CC(C)(N)CC(O)c1ccncc1. The normalized spacial score (nSPS) is 14.2. The Morgan fingerprint density at radius 1 is 1.46 bits per heavy atom. The predicted octanol–water partition coefficient (Wildman–Crippen LogP) is 1.24. The number of nitrogens with zero attached hydrogens (tertiary/aromatic N) is 1. The Hall–Kier alpha value is -0.930. The molecule has 1 aromatic rings. The molecule has 3 nitrogen and oxygen atoms in total. The fourth-order valence-corrected chi connectivity index (χ4v) is 1.20. The van der Waals surface area contributed by atoms with E-state index in [1.807, 2.05) is 13.8 Å². The van der Waals surface area contributed by atoms with Crippen LogP contribution in [-0.2, 0) is 0 Å². The van der Waals surface area contributed by atoms with Crippen LogP contribution in [0.5, 0.6) is 0 Å². The molecule has 72 valence electrons. The van der Waals surface area contributed by atoms with Crippen LogP contribution >= 0.6 is 0 Å². The number of pyridine rings is 1. The van der Waals surface area contributed by atoms with Gasteiger partial charge in [0, 0.05) is 17.9 Å². The lowest BCUT2D eigenvalue weighted by molar-refractivity contribution is 0.142. The van der Waals surface area contributed by atoms with E-state index in [0.717, 1.165) is 5.56 Å². The minimum atomic E-state index is -0.497. The summed E-state index contributed by atoms with van der Waals surface area (Å²) in [6.07, 6.45) is 3.39. The Morgan fingerprint density at radius 2 is 2.00 bits per heavy atom. The average molecular weight is 180 g/mol. The number of aliphatic hydroxyl groups is 1. The maximum absolute atomic E-state index is 9.75. The van der Waals surface area contributed by atoms with Crippen molar-refractivity contribution in [3.05, 3.63) is 30.1 Å². The fraction of sp³-hybridized carbons (Fsp3) is 0.500. The Kier molecular flexibility index (Phi) is 3.01. The van der Waals surface area contributed by atoms with Gasteiger partial charge in [-0.2, -0.15) is 0 Å². The minimum Gasteiger partial charge on any atom is -0.388 e. The molecule has 1 unspecified atom stereocenters. The highest BCUT2D eigenvalue weighted by atomic mass is 16.3. The van der Waals surface area contributed by atoms with Crippen molar-refractivity contribution in [1.29, 1.82) is 0 Å². The molecule has 0 amide bonds. The van der Waals surface area contributed by atoms with Crippen LogP contribution in [0.4, 0.5) is 0 Å². The Morgan fingerprint density at radius 3 is 2.46 bits per heavy atom. The summed E-state index contributed by atoms with van der Waals surface area (Å²) in [7, 11) is 0. The van der Waals surface area contributed by atoms with Crippen molar-refractivity contribution in [2.24, 2.45) is 5.73 Å². The molecule has 0 aliphatic heterocycles. The number of hydrogen-bond donors (Lipinski definition) is 2. The Balaban J connectivity index is 2.64. The van der Waals surface area contributed by atoms with Crippen LogP contribution in [0.2, 0.25) is 0 Å². The molecule has 1 atom stereocenters. The number of nitrogens with two attached hydrogens (primary N) is 1. The average Bonchev–Trinajstić information content (AvgIpc) is 2.03. The van der Waals surface area contributed by atoms with E-state index in [2.05, 4.69) is 4.98 Å². The molecule has 0 aromatic carbocycles.